The maximum Gasteiger partial charge on any atom is 0.0692 e. The smallest absolute Gasteiger partial charge is 0.0692 e. The summed E-state index contributed by atoms with van der Waals surface area (Å²) in [6.07, 6.45) is 7.72. The van der Waals surface area contributed by atoms with E-state index in [0.717, 1.165) is 31.2 Å². The minimum Gasteiger partial charge on any atom is -0.392 e. The number of aliphatic hydroxyl groups excluding tert-OH is 1. The van der Waals surface area contributed by atoms with Crippen molar-refractivity contribution >= 4 is 0 Å². The lowest BCUT2D eigenvalue weighted by Crippen LogP contribution is -2.41. The number of nitrogens with one attached hydrogen (secondary N) is 1. The molecular formula is C14H27NO. The summed E-state index contributed by atoms with van der Waals surface area (Å²) in [5, 5.41) is 13.7. The Kier molecular flexibility index (Phi) is 4.26. The second-order valence-electron chi connectivity index (χ2n) is 5.83. The molecule has 16 heavy (non-hydrogen) atoms. The molecule has 2 nitrogen and oxygen atoms in total. The van der Waals surface area contributed by atoms with Gasteiger partial charge in [-0.2, -0.15) is 0 Å². The molecule has 4 atom stereocenters. The first-order chi connectivity index (χ1) is 7.74. The van der Waals surface area contributed by atoms with E-state index in [4.69, 9.17) is 0 Å². The zero-order valence-corrected chi connectivity index (χ0v) is 10.8. The van der Waals surface area contributed by atoms with E-state index < -0.39 is 0 Å². The van der Waals surface area contributed by atoms with Crippen LogP contribution in [-0.2, 0) is 0 Å². The second kappa shape index (κ2) is 5.50. The van der Waals surface area contributed by atoms with Gasteiger partial charge in [-0.05, 0) is 37.0 Å². The molecule has 4 unspecified atom stereocenters. The van der Waals surface area contributed by atoms with Gasteiger partial charge in [-0.1, -0.05) is 33.1 Å². The minimum atomic E-state index is -0.144. The Hall–Kier alpha value is -0.0800. The maximum absolute atomic E-state index is 10.1. The van der Waals surface area contributed by atoms with Crippen molar-refractivity contribution in [3.63, 3.8) is 0 Å². The van der Waals surface area contributed by atoms with Gasteiger partial charge >= 0.3 is 0 Å². The average Bonchev–Trinajstić information content (AvgIpc) is 2.89. The van der Waals surface area contributed by atoms with E-state index in [2.05, 4.69) is 19.2 Å². The summed E-state index contributed by atoms with van der Waals surface area (Å²) in [4.78, 5) is 0. The number of hydrogen-bond acceptors (Lipinski definition) is 2. The van der Waals surface area contributed by atoms with E-state index in [0.29, 0.717) is 12.0 Å². The van der Waals surface area contributed by atoms with Gasteiger partial charge in [0.15, 0.2) is 0 Å². The Bertz CT molecular complexity index is 215. The number of rotatable bonds is 6. The lowest BCUT2D eigenvalue weighted by Gasteiger charge is -2.27. The van der Waals surface area contributed by atoms with E-state index in [1.165, 1.54) is 25.7 Å². The van der Waals surface area contributed by atoms with Gasteiger partial charge in [0.2, 0.25) is 0 Å². The summed E-state index contributed by atoms with van der Waals surface area (Å²) in [5.41, 5.74) is 0. The average molecular weight is 225 g/mol. The Morgan fingerprint density at radius 2 is 1.94 bits per heavy atom. The molecule has 0 aliphatic heterocycles. The highest BCUT2D eigenvalue weighted by Crippen LogP contribution is 2.44. The van der Waals surface area contributed by atoms with Gasteiger partial charge in [-0.3, -0.25) is 0 Å². The van der Waals surface area contributed by atoms with E-state index in [1.54, 1.807) is 0 Å². The number of fused-ring (bicyclic) bond motifs is 2. The quantitative estimate of drug-likeness (QED) is 0.728. The fourth-order valence-electron chi connectivity index (χ4n) is 3.77. The minimum absolute atomic E-state index is 0.144. The van der Waals surface area contributed by atoms with Crippen molar-refractivity contribution < 1.29 is 5.11 Å². The third kappa shape index (κ3) is 2.60. The molecule has 0 spiro atoms. The normalized spacial score (nSPS) is 34.9. The van der Waals surface area contributed by atoms with Crippen molar-refractivity contribution in [2.24, 2.45) is 17.8 Å². The highest BCUT2D eigenvalue weighted by molar-refractivity contribution is 4.94. The summed E-state index contributed by atoms with van der Waals surface area (Å²) < 4.78 is 0. The number of aliphatic hydroxyl groups is 1. The third-order valence-corrected chi connectivity index (χ3v) is 4.92. The van der Waals surface area contributed by atoms with Crippen LogP contribution in [0.5, 0.6) is 0 Å². The van der Waals surface area contributed by atoms with Crippen molar-refractivity contribution in [1.82, 2.24) is 5.32 Å². The molecule has 2 bridgehead atoms. The molecule has 0 saturated heterocycles. The van der Waals surface area contributed by atoms with Crippen molar-refractivity contribution in [3.8, 4) is 0 Å². The molecule has 2 fully saturated rings. The first-order valence-electron chi connectivity index (χ1n) is 7.16. The van der Waals surface area contributed by atoms with Gasteiger partial charge < -0.3 is 10.4 Å². The van der Waals surface area contributed by atoms with Crippen LogP contribution in [0.3, 0.4) is 0 Å². The van der Waals surface area contributed by atoms with Crippen molar-refractivity contribution in [2.45, 2.75) is 64.5 Å². The molecule has 0 heterocycles. The molecule has 2 rings (SSSR count). The van der Waals surface area contributed by atoms with Crippen LogP contribution in [0.15, 0.2) is 0 Å². The van der Waals surface area contributed by atoms with Crippen LogP contribution in [0.1, 0.15) is 52.4 Å². The Balaban J connectivity index is 1.71. The zero-order chi connectivity index (χ0) is 11.5. The molecule has 0 aromatic heterocycles. The summed E-state index contributed by atoms with van der Waals surface area (Å²) in [5.74, 6) is 2.39. The zero-order valence-electron chi connectivity index (χ0n) is 10.8. The molecule has 94 valence electrons. The molecule has 0 radical (unpaired) electrons. The van der Waals surface area contributed by atoms with Gasteiger partial charge in [0, 0.05) is 12.6 Å². The lowest BCUT2D eigenvalue weighted by atomic mass is 9.93. The molecular weight excluding hydrogens is 198 g/mol. The van der Waals surface area contributed by atoms with Crippen molar-refractivity contribution in [3.05, 3.63) is 0 Å². The van der Waals surface area contributed by atoms with Crippen LogP contribution < -0.4 is 5.32 Å². The molecule has 2 saturated carbocycles. The van der Waals surface area contributed by atoms with Crippen LogP contribution in [0.4, 0.5) is 0 Å². The molecule has 0 aromatic carbocycles. The van der Waals surface area contributed by atoms with Gasteiger partial charge in [0.1, 0.15) is 0 Å². The first kappa shape index (κ1) is 12.4. The molecule has 2 N–H and O–H groups in total. The Morgan fingerprint density at radius 3 is 2.44 bits per heavy atom. The summed E-state index contributed by atoms with van der Waals surface area (Å²) >= 11 is 0. The van der Waals surface area contributed by atoms with Crippen LogP contribution in [-0.4, -0.2) is 23.8 Å². The molecule has 2 aliphatic rings. The monoisotopic (exact) mass is 225 g/mol. The maximum atomic E-state index is 10.1. The van der Waals surface area contributed by atoms with Crippen molar-refractivity contribution in [1.29, 1.82) is 0 Å². The van der Waals surface area contributed by atoms with Gasteiger partial charge in [0.05, 0.1) is 6.10 Å². The predicted octanol–water partition coefficient (Wildman–Crippen LogP) is 2.56. The van der Waals surface area contributed by atoms with Crippen LogP contribution >= 0.6 is 0 Å². The van der Waals surface area contributed by atoms with Gasteiger partial charge in [0.25, 0.3) is 0 Å². The van der Waals surface area contributed by atoms with Crippen LogP contribution in [0.2, 0.25) is 0 Å². The molecule has 0 aromatic rings. The van der Waals surface area contributed by atoms with E-state index in [-0.39, 0.29) is 6.10 Å². The predicted molar refractivity (Wildman–Crippen MR) is 67.3 cm³/mol. The fraction of sp³-hybridized carbons (Fsp3) is 1.00. The SMILES string of the molecule is CCC(CC)C(O)CNC1CC2CCC1C2. The van der Waals surface area contributed by atoms with Crippen LogP contribution in [0.25, 0.3) is 0 Å². The van der Waals surface area contributed by atoms with E-state index >= 15 is 0 Å². The van der Waals surface area contributed by atoms with Gasteiger partial charge in [-0.15, -0.1) is 0 Å². The lowest BCUT2D eigenvalue weighted by molar-refractivity contribution is 0.0954. The summed E-state index contributed by atoms with van der Waals surface area (Å²) in [6.45, 7) is 5.16. The van der Waals surface area contributed by atoms with Crippen LogP contribution in [0, 0.1) is 17.8 Å². The number of hydrogen-bond donors (Lipinski definition) is 2. The third-order valence-electron chi connectivity index (χ3n) is 4.92. The summed E-state index contributed by atoms with van der Waals surface area (Å²) in [7, 11) is 0. The van der Waals surface area contributed by atoms with E-state index in [9.17, 15) is 5.11 Å². The Labute approximate surface area is 99.8 Å². The Morgan fingerprint density at radius 1 is 1.19 bits per heavy atom. The highest BCUT2D eigenvalue weighted by atomic mass is 16.3. The van der Waals surface area contributed by atoms with Gasteiger partial charge in [-0.25, -0.2) is 0 Å². The van der Waals surface area contributed by atoms with E-state index in [1.807, 2.05) is 0 Å². The molecule has 2 aliphatic carbocycles. The molecule has 2 heteroatoms. The second-order valence-corrected chi connectivity index (χ2v) is 5.83. The molecule has 0 amide bonds. The topological polar surface area (TPSA) is 32.3 Å². The highest BCUT2D eigenvalue weighted by Gasteiger charge is 2.39. The standard InChI is InChI=1S/C14H27NO/c1-3-11(4-2)14(16)9-15-13-8-10-5-6-12(13)7-10/h10-16H,3-9H2,1-2H3. The summed E-state index contributed by atoms with van der Waals surface area (Å²) in [6, 6.07) is 0.711. The largest absolute Gasteiger partial charge is 0.392 e. The van der Waals surface area contributed by atoms with Crippen molar-refractivity contribution in [2.75, 3.05) is 6.54 Å². The fourth-order valence-corrected chi connectivity index (χ4v) is 3.77. The first-order valence-corrected chi connectivity index (χ1v) is 7.16.